The van der Waals surface area contributed by atoms with E-state index in [0.29, 0.717) is 37.6 Å². The molecule has 0 spiro atoms. The van der Waals surface area contributed by atoms with Gasteiger partial charge in [0.2, 0.25) is 0 Å². The maximum atomic E-state index is 12.1. The molecule has 0 radical (unpaired) electrons. The molecule has 0 aliphatic heterocycles. The normalized spacial score (nSPS) is 10.8. The topological polar surface area (TPSA) is 79.8 Å². The molecule has 0 saturated carbocycles. The fraction of sp³-hybridized carbons (Fsp3) is 0.0455. The van der Waals surface area contributed by atoms with Crippen molar-refractivity contribution in [2.45, 2.75) is 0 Å². The van der Waals surface area contributed by atoms with Crippen LogP contribution in [0.1, 0.15) is 15.9 Å². The predicted molar refractivity (Wildman–Crippen MR) is 129 cm³/mol. The Morgan fingerprint density at radius 1 is 0.875 bits per heavy atom. The molecule has 0 unspecified atom stereocenters. The third-order valence-corrected chi connectivity index (χ3v) is 5.32. The van der Waals surface area contributed by atoms with E-state index in [0.717, 1.165) is 0 Å². The molecule has 10 heteroatoms. The van der Waals surface area contributed by atoms with E-state index < -0.39 is 5.91 Å². The number of nitrogens with one attached hydrogen (secondary N) is 2. The van der Waals surface area contributed by atoms with Crippen LogP contribution in [0.3, 0.4) is 0 Å². The van der Waals surface area contributed by atoms with Gasteiger partial charge in [0.25, 0.3) is 11.8 Å². The van der Waals surface area contributed by atoms with Gasteiger partial charge in [-0.15, -0.1) is 0 Å². The number of nitrogens with zero attached hydrogens (tertiary/aromatic N) is 1. The molecule has 0 aliphatic rings. The van der Waals surface area contributed by atoms with Crippen LogP contribution in [0, 0.1) is 0 Å². The van der Waals surface area contributed by atoms with Crippen LogP contribution in [-0.2, 0) is 4.79 Å². The quantitative estimate of drug-likeness (QED) is 0.298. The molecule has 0 heterocycles. The Morgan fingerprint density at radius 2 is 1.59 bits per heavy atom. The van der Waals surface area contributed by atoms with Crippen molar-refractivity contribution in [3.8, 4) is 5.75 Å². The van der Waals surface area contributed by atoms with Crippen molar-refractivity contribution in [2.24, 2.45) is 5.10 Å². The first-order chi connectivity index (χ1) is 15.3. The number of carbonyl (C=O) groups is 2. The zero-order valence-electron chi connectivity index (χ0n) is 16.2. The standard InChI is InChI=1S/C22H15Cl4N3O3/c23-15-4-8-18(25)20(10-15)28-21(30)12-32-16-5-1-13(2-6-16)11-27-29-22(31)14-3-7-17(24)19(26)9-14/h1-11H,12H2,(H,28,30)(H,29,31)/b27-11-. The van der Waals surface area contributed by atoms with E-state index >= 15 is 0 Å². The molecule has 0 atom stereocenters. The van der Waals surface area contributed by atoms with E-state index in [1.807, 2.05) is 0 Å². The van der Waals surface area contributed by atoms with E-state index in [9.17, 15) is 9.59 Å². The highest BCUT2D eigenvalue weighted by molar-refractivity contribution is 6.42. The van der Waals surface area contributed by atoms with Gasteiger partial charge in [0.15, 0.2) is 6.61 Å². The van der Waals surface area contributed by atoms with Gasteiger partial charge in [-0.2, -0.15) is 5.10 Å². The summed E-state index contributed by atoms with van der Waals surface area (Å²) in [5.74, 6) is -0.329. The van der Waals surface area contributed by atoms with Crippen LogP contribution in [0.4, 0.5) is 5.69 Å². The highest BCUT2D eigenvalue weighted by Crippen LogP contribution is 2.25. The van der Waals surface area contributed by atoms with Gasteiger partial charge in [0, 0.05) is 10.6 Å². The van der Waals surface area contributed by atoms with E-state index in [4.69, 9.17) is 51.1 Å². The smallest absolute Gasteiger partial charge is 0.271 e. The first-order valence-corrected chi connectivity index (χ1v) is 10.6. The summed E-state index contributed by atoms with van der Waals surface area (Å²) in [6, 6.07) is 16.1. The lowest BCUT2D eigenvalue weighted by molar-refractivity contribution is -0.118. The summed E-state index contributed by atoms with van der Waals surface area (Å²) in [7, 11) is 0. The lowest BCUT2D eigenvalue weighted by Gasteiger charge is -2.09. The van der Waals surface area contributed by atoms with Crippen LogP contribution in [0.5, 0.6) is 5.75 Å². The van der Waals surface area contributed by atoms with Crippen LogP contribution in [-0.4, -0.2) is 24.6 Å². The Morgan fingerprint density at radius 3 is 2.31 bits per heavy atom. The molecule has 3 rings (SSSR count). The molecule has 3 aromatic carbocycles. The number of ether oxygens (including phenoxy) is 1. The number of halogens is 4. The van der Waals surface area contributed by atoms with Crippen molar-refractivity contribution >= 4 is 70.1 Å². The zero-order valence-corrected chi connectivity index (χ0v) is 19.3. The summed E-state index contributed by atoms with van der Waals surface area (Å²) in [6.07, 6.45) is 1.47. The number of hydrazone groups is 1. The van der Waals surface area contributed by atoms with E-state index in [-0.39, 0.29) is 17.5 Å². The molecule has 0 bridgehead atoms. The lowest BCUT2D eigenvalue weighted by atomic mass is 10.2. The van der Waals surface area contributed by atoms with Crippen molar-refractivity contribution in [3.63, 3.8) is 0 Å². The highest BCUT2D eigenvalue weighted by Gasteiger charge is 2.08. The van der Waals surface area contributed by atoms with Gasteiger partial charge in [-0.25, -0.2) is 5.43 Å². The minimum atomic E-state index is -0.425. The molecule has 2 amide bonds. The number of rotatable bonds is 7. The Labute approximate surface area is 204 Å². The van der Waals surface area contributed by atoms with Crippen LogP contribution in [0.2, 0.25) is 20.1 Å². The minimum absolute atomic E-state index is 0.212. The van der Waals surface area contributed by atoms with Crippen LogP contribution in [0.25, 0.3) is 0 Å². The third-order valence-electron chi connectivity index (χ3n) is 4.01. The second-order valence-corrected chi connectivity index (χ2v) is 8.02. The van der Waals surface area contributed by atoms with Gasteiger partial charge < -0.3 is 10.1 Å². The Kier molecular flexibility index (Phi) is 8.36. The highest BCUT2D eigenvalue weighted by atomic mass is 35.5. The van der Waals surface area contributed by atoms with Crippen molar-refractivity contribution in [3.05, 3.63) is 91.9 Å². The van der Waals surface area contributed by atoms with E-state index in [1.54, 1.807) is 48.5 Å². The molecule has 32 heavy (non-hydrogen) atoms. The fourth-order valence-corrected chi connectivity index (χ4v) is 3.08. The van der Waals surface area contributed by atoms with Crippen LogP contribution >= 0.6 is 46.4 Å². The molecule has 0 aromatic heterocycles. The van der Waals surface area contributed by atoms with Gasteiger partial charge >= 0.3 is 0 Å². The number of anilines is 1. The Bertz CT molecular complexity index is 1170. The number of benzene rings is 3. The SMILES string of the molecule is O=C(COc1ccc(/C=N\NC(=O)c2ccc(Cl)c(Cl)c2)cc1)Nc1cc(Cl)ccc1Cl. The van der Waals surface area contributed by atoms with Crippen molar-refractivity contribution in [2.75, 3.05) is 11.9 Å². The summed E-state index contributed by atoms with van der Waals surface area (Å²) in [5.41, 5.74) is 3.85. The average molecular weight is 511 g/mol. The lowest BCUT2D eigenvalue weighted by Crippen LogP contribution is -2.20. The van der Waals surface area contributed by atoms with Gasteiger partial charge in [-0.3, -0.25) is 9.59 Å². The predicted octanol–water partition coefficient (Wildman–Crippen LogP) is 6.08. The number of amides is 2. The average Bonchev–Trinajstić information content (AvgIpc) is 2.77. The molecule has 2 N–H and O–H groups in total. The molecular weight excluding hydrogens is 496 g/mol. The second kappa shape index (κ2) is 11.2. The summed E-state index contributed by atoms with van der Waals surface area (Å²) >= 11 is 23.7. The third kappa shape index (κ3) is 6.87. The minimum Gasteiger partial charge on any atom is -0.484 e. The van der Waals surface area contributed by atoms with Crippen molar-refractivity contribution in [1.29, 1.82) is 0 Å². The first-order valence-electron chi connectivity index (χ1n) is 9.08. The maximum absolute atomic E-state index is 12.1. The first kappa shape index (κ1) is 23.9. The van der Waals surface area contributed by atoms with Gasteiger partial charge in [-0.05, 0) is 66.2 Å². The number of carbonyl (C=O) groups excluding carboxylic acids is 2. The number of hydrogen-bond donors (Lipinski definition) is 2. The number of hydrogen-bond acceptors (Lipinski definition) is 4. The summed E-state index contributed by atoms with van der Waals surface area (Å²) in [4.78, 5) is 24.1. The zero-order chi connectivity index (χ0) is 23.1. The summed E-state index contributed by atoms with van der Waals surface area (Å²) in [5, 5.41) is 8.01. The Balaban J connectivity index is 1.49. The molecule has 0 fully saturated rings. The molecular formula is C22H15Cl4N3O3. The van der Waals surface area contributed by atoms with Crippen LogP contribution < -0.4 is 15.5 Å². The maximum Gasteiger partial charge on any atom is 0.271 e. The molecule has 3 aromatic rings. The molecule has 6 nitrogen and oxygen atoms in total. The van der Waals surface area contributed by atoms with E-state index in [1.165, 1.54) is 18.3 Å². The van der Waals surface area contributed by atoms with Crippen molar-refractivity contribution in [1.82, 2.24) is 5.43 Å². The van der Waals surface area contributed by atoms with Crippen LogP contribution in [0.15, 0.2) is 65.8 Å². The van der Waals surface area contributed by atoms with Gasteiger partial charge in [-0.1, -0.05) is 46.4 Å². The molecule has 0 saturated heterocycles. The monoisotopic (exact) mass is 509 g/mol. The summed E-state index contributed by atoms with van der Waals surface area (Å²) < 4.78 is 5.46. The largest absolute Gasteiger partial charge is 0.484 e. The van der Waals surface area contributed by atoms with Gasteiger partial charge in [0.1, 0.15) is 5.75 Å². The Hall–Kier alpha value is -2.77. The molecule has 0 aliphatic carbocycles. The fourth-order valence-electron chi connectivity index (χ4n) is 2.45. The summed E-state index contributed by atoms with van der Waals surface area (Å²) in [6.45, 7) is -0.212. The van der Waals surface area contributed by atoms with Gasteiger partial charge in [0.05, 0.1) is 27.0 Å². The van der Waals surface area contributed by atoms with Crippen molar-refractivity contribution < 1.29 is 14.3 Å². The van der Waals surface area contributed by atoms with E-state index in [2.05, 4.69) is 15.8 Å². The molecule has 164 valence electrons. The second-order valence-electron chi connectivity index (χ2n) is 6.36.